The molecule has 2 aliphatic heterocycles. The summed E-state index contributed by atoms with van der Waals surface area (Å²) < 4.78 is 92.2. The molecule has 37 heavy (non-hydrogen) atoms. The lowest BCUT2D eigenvalue weighted by Crippen LogP contribution is -2.29. The van der Waals surface area contributed by atoms with E-state index < -0.39 is 41.2 Å². The van der Waals surface area contributed by atoms with E-state index in [4.69, 9.17) is 9.47 Å². The fourth-order valence-electron chi connectivity index (χ4n) is 5.08. The number of carbonyl (C=O) groups excluding carboxylic acids is 1. The molecule has 1 aromatic carbocycles. The molecule has 6 nitrogen and oxygen atoms in total. The van der Waals surface area contributed by atoms with Gasteiger partial charge in [0.2, 0.25) is 0 Å². The molecule has 0 radical (unpaired) electrons. The second kappa shape index (κ2) is 8.71. The van der Waals surface area contributed by atoms with Crippen LogP contribution < -0.4 is 0 Å². The van der Waals surface area contributed by atoms with Crippen LogP contribution in [0.2, 0.25) is 0 Å². The summed E-state index contributed by atoms with van der Waals surface area (Å²) in [5.41, 5.74) is -2.35. The van der Waals surface area contributed by atoms with E-state index >= 15 is 0 Å². The van der Waals surface area contributed by atoms with Crippen molar-refractivity contribution in [3.63, 3.8) is 0 Å². The second-order valence-corrected chi connectivity index (χ2v) is 9.89. The highest BCUT2D eigenvalue weighted by Gasteiger charge is 2.61. The van der Waals surface area contributed by atoms with Gasteiger partial charge in [-0.25, -0.2) is 9.48 Å². The highest BCUT2D eigenvalue weighted by Crippen LogP contribution is 2.50. The summed E-state index contributed by atoms with van der Waals surface area (Å²) in [5.74, 6) is -0.643. The Labute approximate surface area is 207 Å². The van der Waals surface area contributed by atoms with Gasteiger partial charge in [-0.05, 0) is 50.8 Å². The van der Waals surface area contributed by atoms with Crippen molar-refractivity contribution in [2.45, 2.75) is 69.3 Å². The topological polar surface area (TPSA) is 69.5 Å². The number of fused-ring (bicyclic) bond motifs is 3. The molecule has 0 saturated carbocycles. The van der Waals surface area contributed by atoms with Gasteiger partial charge in [-0.1, -0.05) is 23.4 Å². The molecule has 1 aromatic heterocycles. The number of allylic oxidation sites excluding steroid dienone is 2. The van der Waals surface area contributed by atoms with Crippen LogP contribution in [0.3, 0.4) is 0 Å². The molecule has 0 spiro atoms. The molecule has 1 aliphatic carbocycles. The number of nitrogens with zero attached hydrogens (tertiary/aromatic N) is 3. The number of ether oxygens (including phenoxy) is 2. The van der Waals surface area contributed by atoms with Crippen molar-refractivity contribution in [3.8, 4) is 11.3 Å². The van der Waals surface area contributed by atoms with Crippen molar-refractivity contribution in [2.24, 2.45) is 5.92 Å². The number of benzene rings is 1. The molecular formula is C25H23F6N3O3. The molecule has 0 unspecified atom stereocenters. The van der Waals surface area contributed by atoms with E-state index in [2.05, 4.69) is 16.9 Å². The maximum atomic E-state index is 13.2. The van der Waals surface area contributed by atoms with Crippen molar-refractivity contribution in [3.05, 3.63) is 59.3 Å². The Morgan fingerprint density at radius 1 is 1.14 bits per heavy atom. The van der Waals surface area contributed by atoms with Crippen LogP contribution in [0.15, 0.2) is 48.2 Å². The first-order chi connectivity index (χ1) is 17.2. The number of epoxide rings is 1. The summed E-state index contributed by atoms with van der Waals surface area (Å²) in [4.78, 5) is 12.1. The van der Waals surface area contributed by atoms with Gasteiger partial charge in [-0.2, -0.15) is 26.3 Å². The lowest BCUT2D eigenvalue weighted by molar-refractivity contribution is -0.143. The normalized spacial score (nSPS) is 29.7. The van der Waals surface area contributed by atoms with Crippen molar-refractivity contribution in [2.75, 3.05) is 0 Å². The van der Waals surface area contributed by atoms with Crippen molar-refractivity contribution < 1.29 is 40.6 Å². The fourth-order valence-corrected chi connectivity index (χ4v) is 5.08. The number of hydrogen-bond donors (Lipinski definition) is 0. The highest BCUT2D eigenvalue weighted by molar-refractivity contribution is 5.91. The van der Waals surface area contributed by atoms with Crippen molar-refractivity contribution in [1.82, 2.24) is 15.0 Å². The molecule has 0 bridgehead atoms. The maximum absolute atomic E-state index is 13.2. The van der Waals surface area contributed by atoms with Gasteiger partial charge in [-0.15, -0.1) is 5.10 Å². The molecular weight excluding hydrogens is 504 g/mol. The Morgan fingerprint density at radius 2 is 1.81 bits per heavy atom. The van der Waals surface area contributed by atoms with Gasteiger partial charge in [-0.3, -0.25) is 0 Å². The highest BCUT2D eigenvalue weighted by atomic mass is 19.4. The second-order valence-electron chi connectivity index (χ2n) is 9.89. The van der Waals surface area contributed by atoms with Gasteiger partial charge < -0.3 is 9.47 Å². The van der Waals surface area contributed by atoms with E-state index in [-0.39, 0.29) is 35.9 Å². The molecule has 2 aromatic rings. The zero-order valence-electron chi connectivity index (χ0n) is 19.7. The summed E-state index contributed by atoms with van der Waals surface area (Å²) in [7, 11) is 0. The quantitative estimate of drug-likeness (QED) is 0.168. The number of aromatic nitrogens is 3. The Balaban J connectivity index is 1.38. The van der Waals surface area contributed by atoms with Gasteiger partial charge in [0, 0.05) is 17.1 Å². The Bertz CT molecular complexity index is 1250. The van der Waals surface area contributed by atoms with Crippen LogP contribution in [-0.4, -0.2) is 38.8 Å². The predicted octanol–water partition coefficient (Wildman–Crippen LogP) is 5.74. The average molecular weight is 527 g/mol. The molecule has 3 heterocycles. The van der Waals surface area contributed by atoms with Gasteiger partial charge >= 0.3 is 18.3 Å². The van der Waals surface area contributed by atoms with Crippen LogP contribution >= 0.6 is 0 Å². The van der Waals surface area contributed by atoms with E-state index in [0.717, 1.165) is 5.57 Å². The number of hydrogen-bond acceptors (Lipinski definition) is 5. The summed E-state index contributed by atoms with van der Waals surface area (Å²) in [6.45, 7) is 6.08. The third-order valence-corrected chi connectivity index (χ3v) is 7.23. The zero-order valence-corrected chi connectivity index (χ0v) is 19.7. The van der Waals surface area contributed by atoms with Crippen LogP contribution in [0.1, 0.15) is 43.7 Å². The average Bonchev–Trinajstić information content (AvgIpc) is 3.11. The van der Waals surface area contributed by atoms with Crippen LogP contribution in [0.25, 0.3) is 11.3 Å². The third-order valence-electron chi connectivity index (χ3n) is 7.23. The molecule has 198 valence electrons. The first-order valence-corrected chi connectivity index (χ1v) is 11.7. The lowest BCUT2D eigenvalue weighted by Gasteiger charge is -2.20. The molecule has 12 heteroatoms. The lowest BCUT2D eigenvalue weighted by atomic mass is 9.84. The summed E-state index contributed by atoms with van der Waals surface area (Å²) in [6.07, 6.45) is -4.63. The number of carbonyl (C=O) groups is 1. The number of halogens is 6. The third kappa shape index (κ3) is 5.03. The maximum Gasteiger partial charge on any atom is 0.416 e. The van der Waals surface area contributed by atoms with Crippen molar-refractivity contribution >= 4 is 5.97 Å². The first-order valence-electron chi connectivity index (χ1n) is 11.7. The molecule has 2 saturated heterocycles. The van der Waals surface area contributed by atoms with Crippen molar-refractivity contribution in [1.29, 1.82) is 0 Å². The number of esters is 1. The van der Waals surface area contributed by atoms with E-state index in [9.17, 15) is 31.1 Å². The fraction of sp³-hybridized carbons (Fsp3) is 0.480. The number of rotatable bonds is 3. The van der Waals surface area contributed by atoms with Gasteiger partial charge in [0.1, 0.15) is 17.9 Å². The molecule has 0 amide bonds. The number of alkyl halides is 6. The monoisotopic (exact) mass is 527 g/mol. The molecule has 3 aliphatic rings. The predicted molar refractivity (Wildman–Crippen MR) is 118 cm³/mol. The summed E-state index contributed by atoms with van der Waals surface area (Å²) >= 11 is 0. The van der Waals surface area contributed by atoms with E-state index in [1.165, 1.54) is 10.9 Å². The van der Waals surface area contributed by atoms with E-state index in [0.29, 0.717) is 43.4 Å². The van der Waals surface area contributed by atoms with Gasteiger partial charge in [0.25, 0.3) is 0 Å². The SMILES string of the molecule is C=C1C(=O)O[C@H]2[C@H]1CC/C(Cn1cc(-c3cc(C(F)(F)F)cc(C(F)(F)F)c3)nn1)=C\CC[C@@]1(C)O[C@@H]21. The minimum Gasteiger partial charge on any atom is -0.455 e. The standard InChI is InChI=1S/C25H23F6N3O3/c1-13-18-6-5-14(4-3-7-23(2)21(37-23)20(18)36-22(13)35)11-34-12-19(32-33-34)15-8-16(24(26,27)28)10-17(9-15)25(29,30)31/h4,8-10,12,18,20-21H,1,3,5-7,11H2,2H3/b14-4+/t18-,20-,21-,23+/m0/s1. The first kappa shape index (κ1) is 25.5. The summed E-state index contributed by atoms with van der Waals surface area (Å²) in [6, 6.07) is 1.33. The largest absolute Gasteiger partial charge is 0.455 e. The van der Waals surface area contributed by atoms with E-state index in [1.807, 2.05) is 13.0 Å². The Hall–Kier alpha value is -3.15. The van der Waals surface area contributed by atoms with Gasteiger partial charge in [0.05, 0.1) is 29.5 Å². The minimum atomic E-state index is -4.96. The molecule has 5 rings (SSSR count). The zero-order chi connectivity index (χ0) is 26.8. The van der Waals surface area contributed by atoms with Gasteiger partial charge in [0.15, 0.2) is 0 Å². The van der Waals surface area contributed by atoms with E-state index in [1.54, 1.807) is 0 Å². The Morgan fingerprint density at radius 3 is 2.46 bits per heavy atom. The molecule has 0 N–H and O–H groups in total. The smallest absolute Gasteiger partial charge is 0.416 e. The Kier molecular flexibility index (Phi) is 6.00. The van der Waals surface area contributed by atoms with Crippen LogP contribution in [0.4, 0.5) is 26.3 Å². The minimum absolute atomic E-state index is 0.0754. The van der Waals surface area contributed by atoms with Crippen LogP contribution in [0, 0.1) is 5.92 Å². The molecule has 4 atom stereocenters. The summed E-state index contributed by atoms with van der Waals surface area (Å²) in [5, 5.41) is 7.77. The molecule has 2 fully saturated rings. The van der Waals surface area contributed by atoms with Crippen LogP contribution in [-0.2, 0) is 33.2 Å². The van der Waals surface area contributed by atoms with Crippen LogP contribution in [0.5, 0.6) is 0 Å².